The van der Waals surface area contributed by atoms with E-state index in [9.17, 15) is 9.59 Å². The maximum Gasteiger partial charge on any atom is 0.234 e. The number of rotatable bonds is 6. The monoisotopic (exact) mass is 268 g/mol. The van der Waals surface area contributed by atoms with Crippen molar-refractivity contribution in [3.05, 3.63) is 0 Å². The minimum Gasteiger partial charge on any atom is -0.345 e. The molecule has 0 aliphatic carbocycles. The average Bonchev–Trinajstić information content (AvgIpc) is 2.36. The van der Waals surface area contributed by atoms with Crippen LogP contribution in [-0.4, -0.2) is 42.3 Å². The normalized spacial score (nSPS) is 19.4. The lowest BCUT2D eigenvalue weighted by Crippen LogP contribution is -2.48. The van der Waals surface area contributed by atoms with Gasteiger partial charge in [-0.2, -0.15) is 0 Å². The SMILES string of the molecule is CCC1CCN(CC(=O)NC(C(C)=O)C(C)C)CC1. The molecule has 1 fully saturated rings. The van der Waals surface area contributed by atoms with Gasteiger partial charge >= 0.3 is 0 Å². The first kappa shape index (κ1) is 16.2. The van der Waals surface area contributed by atoms with Gasteiger partial charge in [0.1, 0.15) is 0 Å². The molecular weight excluding hydrogens is 240 g/mol. The zero-order chi connectivity index (χ0) is 14.4. The van der Waals surface area contributed by atoms with Gasteiger partial charge in [0, 0.05) is 0 Å². The van der Waals surface area contributed by atoms with Gasteiger partial charge < -0.3 is 5.32 Å². The summed E-state index contributed by atoms with van der Waals surface area (Å²) in [4.78, 5) is 25.6. The number of nitrogens with one attached hydrogen (secondary N) is 1. The van der Waals surface area contributed by atoms with Crippen molar-refractivity contribution in [2.45, 2.75) is 53.0 Å². The molecule has 4 nitrogen and oxygen atoms in total. The molecule has 1 atom stereocenters. The molecule has 1 heterocycles. The number of piperidine rings is 1. The van der Waals surface area contributed by atoms with Gasteiger partial charge in [-0.3, -0.25) is 14.5 Å². The van der Waals surface area contributed by atoms with Crippen LogP contribution in [0.3, 0.4) is 0 Å². The summed E-state index contributed by atoms with van der Waals surface area (Å²) in [6.07, 6.45) is 3.61. The molecule has 1 rings (SSSR count). The average molecular weight is 268 g/mol. The van der Waals surface area contributed by atoms with Crippen LogP contribution in [0, 0.1) is 11.8 Å². The molecule has 0 aromatic rings. The summed E-state index contributed by atoms with van der Waals surface area (Å²) in [5.41, 5.74) is 0. The number of nitrogens with zero attached hydrogens (tertiary/aromatic N) is 1. The topological polar surface area (TPSA) is 49.4 Å². The molecule has 1 aliphatic heterocycles. The molecule has 0 radical (unpaired) electrons. The maximum absolute atomic E-state index is 12.0. The molecule has 0 aromatic carbocycles. The number of Topliss-reactive ketones (excluding diaryl/α,β-unsaturated/α-hetero) is 1. The zero-order valence-electron chi connectivity index (χ0n) is 12.7. The molecule has 0 saturated carbocycles. The second-order valence-electron chi connectivity index (χ2n) is 6.03. The first-order valence-electron chi connectivity index (χ1n) is 7.46. The molecule has 0 aromatic heterocycles. The summed E-state index contributed by atoms with van der Waals surface area (Å²) < 4.78 is 0. The van der Waals surface area contributed by atoms with Crippen molar-refractivity contribution in [1.82, 2.24) is 10.2 Å². The van der Waals surface area contributed by atoms with Crippen molar-refractivity contribution in [1.29, 1.82) is 0 Å². The van der Waals surface area contributed by atoms with E-state index >= 15 is 0 Å². The summed E-state index contributed by atoms with van der Waals surface area (Å²) in [6, 6.07) is -0.347. The number of hydrogen-bond donors (Lipinski definition) is 1. The Morgan fingerprint density at radius 3 is 2.26 bits per heavy atom. The number of carbonyl (C=O) groups excluding carboxylic acids is 2. The van der Waals surface area contributed by atoms with Crippen LogP contribution in [0.1, 0.15) is 47.0 Å². The van der Waals surface area contributed by atoms with E-state index in [0.29, 0.717) is 6.54 Å². The number of ketones is 1. The van der Waals surface area contributed by atoms with Crippen LogP contribution in [0.25, 0.3) is 0 Å². The molecule has 1 aliphatic rings. The van der Waals surface area contributed by atoms with Crippen LogP contribution in [0.2, 0.25) is 0 Å². The lowest BCUT2D eigenvalue weighted by atomic mass is 9.94. The third kappa shape index (κ3) is 5.31. The number of likely N-dealkylation sites (tertiary alicyclic amines) is 1. The van der Waals surface area contributed by atoms with Crippen molar-refractivity contribution >= 4 is 11.7 Å². The highest BCUT2D eigenvalue weighted by Gasteiger charge is 2.23. The maximum atomic E-state index is 12.0. The van der Waals surface area contributed by atoms with Crippen LogP contribution >= 0.6 is 0 Å². The Morgan fingerprint density at radius 2 is 1.84 bits per heavy atom. The van der Waals surface area contributed by atoms with Gasteiger partial charge in [-0.25, -0.2) is 0 Å². The first-order chi connectivity index (χ1) is 8.93. The van der Waals surface area contributed by atoms with Gasteiger partial charge in [-0.1, -0.05) is 27.2 Å². The second-order valence-corrected chi connectivity index (χ2v) is 6.03. The lowest BCUT2D eigenvalue weighted by molar-refractivity contribution is -0.128. The Bertz CT molecular complexity index is 307. The summed E-state index contributed by atoms with van der Waals surface area (Å²) in [5.74, 6) is 0.976. The van der Waals surface area contributed by atoms with Gasteiger partial charge in [0.15, 0.2) is 5.78 Å². The molecule has 110 valence electrons. The van der Waals surface area contributed by atoms with E-state index in [1.165, 1.54) is 26.2 Å². The number of carbonyl (C=O) groups is 2. The van der Waals surface area contributed by atoms with Crippen molar-refractivity contribution < 1.29 is 9.59 Å². The Kier molecular flexibility index (Phi) is 6.49. The van der Waals surface area contributed by atoms with Crippen molar-refractivity contribution in [2.24, 2.45) is 11.8 Å². The quantitative estimate of drug-likeness (QED) is 0.799. The standard InChI is InChI=1S/C15H28N2O2/c1-5-13-6-8-17(9-7-13)10-14(19)16-15(11(2)3)12(4)18/h11,13,15H,5-10H2,1-4H3,(H,16,19). The van der Waals surface area contributed by atoms with Crippen molar-refractivity contribution in [2.75, 3.05) is 19.6 Å². The summed E-state index contributed by atoms with van der Waals surface area (Å²) >= 11 is 0. The lowest BCUT2D eigenvalue weighted by Gasteiger charge is -2.31. The molecule has 4 heteroatoms. The summed E-state index contributed by atoms with van der Waals surface area (Å²) in [7, 11) is 0. The summed E-state index contributed by atoms with van der Waals surface area (Å²) in [6.45, 7) is 10.1. The molecule has 1 amide bonds. The smallest absolute Gasteiger partial charge is 0.234 e. The van der Waals surface area contributed by atoms with E-state index < -0.39 is 0 Å². The highest BCUT2D eigenvalue weighted by atomic mass is 16.2. The van der Waals surface area contributed by atoms with Crippen LogP contribution in [-0.2, 0) is 9.59 Å². The minimum atomic E-state index is -0.347. The van der Waals surface area contributed by atoms with E-state index in [1.54, 1.807) is 0 Å². The molecule has 1 saturated heterocycles. The fourth-order valence-electron chi connectivity index (χ4n) is 2.71. The van der Waals surface area contributed by atoms with Crippen LogP contribution < -0.4 is 5.32 Å². The Hall–Kier alpha value is -0.900. The molecular formula is C15H28N2O2. The van der Waals surface area contributed by atoms with Crippen LogP contribution in [0.5, 0.6) is 0 Å². The predicted molar refractivity (Wildman–Crippen MR) is 76.9 cm³/mol. The van der Waals surface area contributed by atoms with Gasteiger partial charge in [-0.05, 0) is 44.7 Å². The van der Waals surface area contributed by atoms with E-state index in [4.69, 9.17) is 0 Å². The molecule has 1 N–H and O–H groups in total. The van der Waals surface area contributed by atoms with Crippen LogP contribution in [0.4, 0.5) is 0 Å². The van der Waals surface area contributed by atoms with E-state index in [0.717, 1.165) is 19.0 Å². The Morgan fingerprint density at radius 1 is 1.26 bits per heavy atom. The predicted octanol–water partition coefficient (Wildman–Crippen LogP) is 1.84. The highest BCUT2D eigenvalue weighted by Crippen LogP contribution is 2.19. The van der Waals surface area contributed by atoms with E-state index in [2.05, 4.69) is 17.1 Å². The van der Waals surface area contributed by atoms with Gasteiger partial charge in [0.25, 0.3) is 0 Å². The van der Waals surface area contributed by atoms with Gasteiger partial charge in [0.05, 0.1) is 12.6 Å². The molecule has 19 heavy (non-hydrogen) atoms. The van der Waals surface area contributed by atoms with Crippen molar-refractivity contribution in [3.63, 3.8) is 0 Å². The van der Waals surface area contributed by atoms with E-state index in [-0.39, 0.29) is 23.7 Å². The largest absolute Gasteiger partial charge is 0.345 e. The Balaban J connectivity index is 2.37. The first-order valence-corrected chi connectivity index (χ1v) is 7.46. The van der Waals surface area contributed by atoms with Crippen molar-refractivity contribution in [3.8, 4) is 0 Å². The molecule has 0 spiro atoms. The second kappa shape index (κ2) is 7.63. The Labute approximate surface area is 116 Å². The number of hydrogen-bond acceptors (Lipinski definition) is 3. The fourth-order valence-corrected chi connectivity index (χ4v) is 2.71. The van der Waals surface area contributed by atoms with E-state index in [1.807, 2.05) is 13.8 Å². The van der Waals surface area contributed by atoms with Gasteiger partial charge in [0.2, 0.25) is 5.91 Å². The number of amides is 1. The minimum absolute atomic E-state index is 0.0242. The van der Waals surface area contributed by atoms with Crippen LogP contribution in [0.15, 0.2) is 0 Å². The molecule has 0 bridgehead atoms. The highest BCUT2D eigenvalue weighted by molar-refractivity contribution is 5.88. The van der Waals surface area contributed by atoms with Gasteiger partial charge in [-0.15, -0.1) is 0 Å². The fraction of sp³-hybridized carbons (Fsp3) is 0.867. The zero-order valence-corrected chi connectivity index (χ0v) is 12.7. The molecule has 1 unspecified atom stereocenters. The third-order valence-electron chi connectivity index (χ3n) is 4.07. The third-order valence-corrected chi connectivity index (χ3v) is 4.07. The summed E-state index contributed by atoms with van der Waals surface area (Å²) in [5, 5.41) is 2.86.